The summed E-state index contributed by atoms with van der Waals surface area (Å²) in [6.07, 6.45) is -4.51. The molecule has 3 aromatic rings. The number of rotatable bonds is 6. The first-order valence-corrected chi connectivity index (χ1v) is 11.0. The second-order valence-corrected chi connectivity index (χ2v) is 8.19. The third-order valence-electron chi connectivity index (χ3n) is 5.52. The molecule has 0 amide bonds. The van der Waals surface area contributed by atoms with Gasteiger partial charge in [0.05, 0.1) is 16.9 Å². The van der Waals surface area contributed by atoms with Gasteiger partial charge in [0, 0.05) is 17.7 Å². The predicted octanol–water partition coefficient (Wildman–Crippen LogP) is 7.55. The maximum absolute atomic E-state index is 13.5. The normalized spacial score (nSPS) is 15.0. The molecule has 5 nitrogen and oxygen atoms in total. The second-order valence-electron chi connectivity index (χ2n) is 8.19. The summed E-state index contributed by atoms with van der Waals surface area (Å²) in [7, 11) is 0. The molecule has 186 valence electrons. The zero-order valence-electron chi connectivity index (χ0n) is 18.4. The predicted molar refractivity (Wildman–Crippen MR) is 119 cm³/mol. The van der Waals surface area contributed by atoms with Crippen LogP contribution in [0.2, 0.25) is 0 Å². The van der Waals surface area contributed by atoms with Crippen molar-refractivity contribution in [1.82, 2.24) is 9.97 Å². The van der Waals surface area contributed by atoms with Crippen LogP contribution in [0.1, 0.15) is 37.7 Å². The minimum absolute atomic E-state index is 0.0622. The van der Waals surface area contributed by atoms with Crippen molar-refractivity contribution < 1.29 is 31.1 Å². The summed E-state index contributed by atoms with van der Waals surface area (Å²) in [4.78, 5) is 8.77. The first-order chi connectivity index (χ1) is 16.6. The maximum atomic E-state index is 13.5. The Morgan fingerprint density at radius 1 is 0.829 bits per heavy atom. The second kappa shape index (κ2) is 10.0. The molecule has 35 heavy (non-hydrogen) atoms. The summed E-state index contributed by atoms with van der Waals surface area (Å²) in [6.45, 7) is 0. The molecule has 11 heteroatoms. The lowest BCUT2D eigenvalue weighted by Crippen LogP contribution is -2.23. The number of hydrogen-bond donors (Lipinski definition) is 2. The van der Waals surface area contributed by atoms with Crippen molar-refractivity contribution >= 4 is 17.5 Å². The van der Waals surface area contributed by atoms with Crippen LogP contribution in [0.3, 0.4) is 0 Å². The summed E-state index contributed by atoms with van der Waals surface area (Å²) in [5.41, 5.74) is -0.573. The van der Waals surface area contributed by atoms with Gasteiger partial charge in [-0.1, -0.05) is 43.5 Å². The van der Waals surface area contributed by atoms with Gasteiger partial charge >= 0.3 is 12.5 Å². The zero-order valence-corrected chi connectivity index (χ0v) is 18.4. The number of nitrogens with one attached hydrogen (secondary N) is 2. The number of aromatic nitrogens is 2. The molecule has 1 heterocycles. The fraction of sp³-hybridized carbons (Fsp3) is 0.333. The molecule has 2 aromatic carbocycles. The molecule has 0 atom stereocenters. The molecule has 0 bridgehead atoms. The van der Waals surface area contributed by atoms with Crippen molar-refractivity contribution in [3.63, 3.8) is 0 Å². The van der Waals surface area contributed by atoms with Crippen molar-refractivity contribution in [2.24, 2.45) is 0 Å². The van der Waals surface area contributed by atoms with Crippen LogP contribution in [0.5, 0.6) is 5.75 Å². The van der Waals surface area contributed by atoms with E-state index in [0.29, 0.717) is 0 Å². The quantitative estimate of drug-likeness (QED) is 0.345. The van der Waals surface area contributed by atoms with E-state index in [1.54, 1.807) is 0 Å². The van der Waals surface area contributed by atoms with Crippen molar-refractivity contribution in [1.29, 1.82) is 0 Å². The highest BCUT2D eigenvalue weighted by molar-refractivity contribution is 5.69. The van der Waals surface area contributed by atoms with Crippen molar-refractivity contribution in [2.45, 2.75) is 50.7 Å². The number of para-hydroxylation sites is 1. The topological polar surface area (TPSA) is 59.1 Å². The fourth-order valence-corrected chi connectivity index (χ4v) is 3.98. The van der Waals surface area contributed by atoms with Gasteiger partial charge < -0.3 is 15.4 Å². The lowest BCUT2D eigenvalue weighted by Gasteiger charge is -2.23. The first-order valence-electron chi connectivity index (χ1n) is 11.0. The van der Waals surface area contributed by atoms with Gasteiger partial charge in [0.2, 0.25) is 5.95 Å². The van der Waals surface area contributed by atoms with E-state index in [1.165, 1.54) is 36.4 Å². The molecule has 2 N–H and O–H groups in total. The first kappa shape index (κ1) is 24.6. The largest absolute Gasteiger partial charge is 0.573 e. The average molecular weight is 496 g/mol. The van der Waals surface area contributed by atoms with E-state index in [1.807, 2.05) is 0 Å². The molecule has 0 aliphatic heterocycles. The summed E-state index contributed by atoms with van der Waals surface area (Å²) < 4.78 is 82.5. The lowest BCUT2D eigenvalue weighted by molar-refractivity contribution is -0.274. The van der Waals surface area contributed by atoms with Crippen molar-refractivity contribution in [3.05, 3.63) is 60.2 Å². The third kappa shape index (κ3) is 6.77. The van der Waals surface area contributed by atoms with Gasteiger partial charge in [0.15, 0.2) is 0 Å². The van der Waals surface area contributed by atoms with Crippen LogP contribution < -0.4 is 15.4 Å². The van der Waals surface area contributed by atoms with E-state index < -0.39 is 23.9 Å². The Kier molecular flexibility index (Phi) is 7.04. The number of halogens is 6. The van der Waals surface area contributed by atoms with Gasteiger partial charge in [-0.05, 0) is 37.1 Å². The average Bonchev–Trinajstić information content (AvgIpc) is 2.78. The number of nitrogens with zero attached hydrogens (tertiary/aromatic N) is 2. The Labute approximate surface area is 197 Å². The molecule has 1 aliphatic carbocycles. The Bertz CT molecular complexity index is 1160. The van der Waals surface area contributed by atoms with Crippen LogP contribution in [0.25, 0.3) is 11.3 Å². The molecular weight excluding hydrogens is 474 g/mol. The number of anilines is 3. The molecule has 1 saturated carbocycles. The standard InChI is InChI=1S/C24H22F6N4O/c25-23(26,27)18-11-4-5-12-19(18)32-21-14-20(15-7-6-10-17(13-15)35-24(28,29)30)33-22(34-21)31-16-8-2-1-3-9-16/h4-7,10-14,16H,1-3,8-9H2,(H2,31,32,33,34). The minimum atomic E-state index is -4.87. The van der Waals surface area contributed by atoms with E-state index in [9.17, 15) is 26.3 Å². The molecule has 1 fully saturated rings. The molecule has 0 saturated heterocycles. The fourth-order valence-electron chi connectivity index (χ4n) is 3.98. The van der Waals surface area contributed by atoms with Gasteiger partial charge in [-0.2, -0.15) is 18.2 Å². The maximum Gasteiger partial charge on any atom is 0.573 e. The van der Waals surface area contributed by atoms with E-state index in [2.05, 4.69) is 25.3 Å². The van der Waals surface area contributed by atoms with Crippen LogP contribution in [0, 0.1) is 0 Å². The van der Waals surface area contributed by atoms with E-state index in [0.717, 1.165) is 50.3 Å². The number of alkyl halides is 6. The smallest absolute Gasteiger partial charge is 0.406 e. The van der Waals surface area contributed by atoms with Crippen LogP contribution in [0.4, 0.5) is 43.8 Å². The lowest BCUT2D eigenvalue weighted by atomic mass is 9.96. The summed E-state index contributed by atoms with van der Waals surface area (Å²) >= 11 is 0. The summed E-state index contributed by atoms with van der Waals surface area (Å²) in [6, 6.07) is 11.6. The Hall–Kier alpha value is -3.50. The molecule has 0 radical (unpaired) electrons. The number of hydrogen-bond acceptors (Lipinski definition) is 5. The molecular formula is C24H22F6N4O. The Balaban J connectivity index is 1.71. The Morgan fingerprint density at radius 2 is 1.57 bits per heavy atom. The highest BCUT2D eigenvalue weighted by atomic mass is 19.4. The third-order valence-corrected chi connectivity index (χ3v) is 5.52. The SMILES string of the molecule is FC(F)(F)Oc1cccc(-c2cc(Nc3ccccc3C(F)(F)F)nc(NC3CCCCC3)n2)c1. The number of benzene rings is 2. The highest BCUT2D eigenvalue weighted by Crippen LogP contribution is 2.36. The van der Waals surface area contributed by atoms with Gasteiger partial charge in [-0.15, -0.1) is 13.2 Å². The molecule has 1 aromatic heterocycles. The van der Waals surface area contributed by atoms with Gasteiger partial charge in [0.1, 0.15) is 11.6 Å². The van der Waals surface area contributed by atoms with E-state index in [4.69, 9.17) is 0 Å². The molecule has 4 rings (SSSR count). The van der Waals surface area contributed by atoms with E-state index in [-0.39, 0.29) is 34.8 Å². The van der Waals surface area contributed by atoms with Crippen LogP contribution in [-0.2, 0) is 6.18 Å². The molecule has 1 aliphatic rings. The summed E-state index contributed by atoms with van der Waals surface area (Å²) in [5, 5.41) is 5.92. The minimum Gasteiger partial charge on any atom is -0.406 e. The van der Waals surface area contributed by atoms with Gasteiger partial charge in [-0.25, -0.2) is 4.98 Å². The van der Waals surface area contributed by atoms with E-state index >= 15 is 0 Å². The van der Waals surface area contributed by atoms with Gasteiger partial charge in [-0.3, -0.25) is 0 Å². The van der Waals surface area contributed by atoms with Crippen LogP contribution in [0.15, 0.2) is 54.6 Å². The highest BCUT2D eigenvalue weighted by Gasteiger charge is 2.33. The molecule has 0 spiro atoms. The zero-order chi connectivity index (χ0) is 25.1. The molecule has 0 unspecified atom stereocenters. The van der Waals surface area contributed by atoms with Crippen LogP contribution in [-0.4, -0.2) is 22.4 Å². The van der Waals surface area contributed by atoms with Crippen molar-refractivity contribution in [2.75, 3.05) is 10.6 Å². The Morgan fingerprint density at radius 3 is 2.29 bits per heavy atom. The summed E-state index contributed by atoms with van der Waals surface area (Å²) in [5.74, 6) is -0.206. The van der Waals surface area contributed by atoms with Crippen LogP contribution >= 0.6 is 0 Å². The number of ether oxygens (including phenoxy) is 1. The van der Waals surface area contributed by atoms with Crippen molar-refractivity contribution in [3.8, 4) is 17.0 Å². The monoisotopic (exact) mass is 496 g/mol. The van der Waals surface area contributed by atoms with Gasteiger partial charge in [0.25, 0.3) is 0 Å².